The molecule has 3 rings (SSSR count). The third kappa shape index (κ3) is 3.03. The van der Waals surface area contributed by atoms with E-state index in [0.29, 0.717) is 24.5 Å². The molecule has 2 aromatic rings. The largest absolute Gasteiger partial charge is 0.495 e. The monoisotopic (exact) mass is 370 g/mol. The summed E-state index contributed by atoms with van der Waals surface area (Å²) in [6, 6.07) is 5.99. The van der Waals surface area contributed by atoms with Gasteiger partial charge >= 0.3 is 0 Å². The molecule has 0 amide bonds. The molecule has 6 nitrogen and oxygen atoms in total. The molecule has 1 aromatic carbocycles. The fraction of sp³-hybridized carbons (Fsp3) is 0.438. The van der Waals surface area contributed by atoms with Gasteiger partial charge in [0.2, 0.25) is 10.0 Å². The van der Waals surface area contributed by atoms with Crippen molar-refractivity contribution in [3.8, 4) is 5.75 Å². The molecule has 0 bridgehead atoms. The number of hydrogen-bond donors (Lipinski definition) is 0. The highest BCUT2D eigenvalue weighted by Gasteiger charge is 2.38. The van der Waals surface area contributed by atoms with E-state index in [4.69, 9.17) is 20.9 Å². The lowest BCUT2D eigenvalue weighted by molar-refractivity contribution is 0.296. The Morgan fingerprint density at radius 3 is 2.83 bits per heavy atom. The van der Waals surface area contributed by atoms with E-state index >= 15 is 0 Å². The Balaban J connectivity index is 1.94. The van der Waals surface area contributed by atoms with Crippen LogP contribution in [0.2, 0.25) is 5.02 Å². The number of sulfonamides is 1. The molecule has 0 saturated carbocycles. The number of ether oxygens (including phenoxy) is 1. The maximum absolute atomic E-state index is 13.0. The van der Waals surface area contributed by atoms with Crippen LogP contribution in [0.5, 0.6) is 5.75 Å². The molecular formula is C16H19ClN2O4S. The van der Waals surface area contributed by atoms with Gasteiger partial charge in [-0.05, 0) is 37.5 Å². The second kappa shape index (κ2) is 6.74. The van der Waals surface area contributed by atoms with E-state index in [1.165, 1.54) is 23.5 Å². The summed E-state index contributed by atoms with van der Waals surface area (Å²) in [7, 11) is -2.19. The van der Waals surface area contributed by atoms with Gasteiger partial charge in [-0.3, -0.25) is 0 Å². The Kier molecular flexibility index (Phi) is 4.85. The quantitative estimate of drug-likeness (QED) is 0.806. The molecule has 0 N–H and O–H groups in total. The number of methoxy groups -OCH3 is 1. The van der Waals surface area contributed by atoms with Crippen molar-refractivity contribution in [2.24, 2.45) is 0 Å². The van der Waals surface area contributed by atoms with Gasteiger partial charge in [0, 0.05) is 12.6 Å². The summed E-state index contributed by atoms with van der Waals surface area (Å²) in [6.45, 7) is 2.42. The molecule has 0 unspecified atom stereocenters. The van der Waals surface area contributed by atoms with E-state index in [-0.39, 0.29) is 16.0 Å². The number of nitrogens with zero attached hydrogens (tertiary/aromatic N) is 2. The van der Waals surface area contributed by atoms with Gasteiger partial charge < -0.3 is 9.26 Å². The minimum Gasteiger partial charge on any atom is -0.495 e. The van der Waals surface area contributed by atoms with Gasteiger partial charge in [0.25, 0.3) is 0 Å². The summed E-state index contributed by atoms with van der Waals surface area (Å²) in [5.74, 6) is 1.03. The summed E-state index contributed by atoms with van der Waals surface area (Å²) in [5, 5.41) is 4.24. The molecule has 130 valence electrons. The van der Waals surface area contributed by atoms with Crippen molar-refractivity contribution < 1.29 is 17.7 Å². The Bertz CT molecular complexity index is 834. The van der Waals surface area contributed by atoms with Crippen LogP contribution >= 0.6 is 11.6 Å². The Hall–Kier alpha value is -1.57. The lowest BCUT2D eigenvalue weighted by Crippen LogP contribution is -2.30. The number of aromatic nitrogens is 1. The van der Waals surface area contributed by atoms with Crippen molar-refractivity contribution in [2.45, 2.75) is 37.1 Å². The molecule has 1 fully saturated rings. The summed E-state index contributed by atoms with van der Waals surface area (Å²) in [5.41, 5.74) is 0.821. The van der Waals surface area contributed by atoms with E-state index < -0.39 is 10.0 Å². The molecule has 1 aliphatic heterocycles. The predicted octanol–water partition coefficient (Wildman–Crippen LogP) is 3.42. The zero-order chi connectivity index (χ0) is 17.3. The van der Waals surface area contributed by atoms with Gasteiger partial charge in [0.05, 0.1) is 28.8 Å². The number of benzene rings is 1. The molecule has 1 aliphatic rings. The van der Waals surface area contributed by atoms with Crippen LogP contribution in [0.1, 0.15) is 37.3 Å². The van der Waals surface area contributed by atoms with E-state index in [1.807, 2.05) is 13.0 Å². The fourth-order valence-electron chi connectivity index (χ4n) is 2.91. The minimum absolute atomic E-state index is 0.149. The highest BCUT2D eigenvalue weighted by molar-refractivity contribution is 7.89. The van der Waals surface area contributed by atoms with Crippen molar-refractivity contribution >= 4 is 21.6 Å². The summed E-state index contributed by atoms with van der Waals surface area (Å²) in [6.07, 6.45) is 2.23. The van der Waals surface area contributed by atoms with E-state index in [0.717, 1.165) is 18.5 Å². The Morgan fingerprint density at radius 2 is 2.21 bits per heavy atom. The van der Waals surface area contributed by atoms with Crippen LogP contribution in [0.15, 0.2) is 33.7 Å². The number of aryl methyl sites for hydroxylation is 1. The number of halogens is 1. The first-order chi connectivity index (χ1) is 11.5. The summed E-state index contributed by atoms with van der Waals surface area (Å²) >= 11 is 6.08. The van der Waals surface area contributed by atoms with Gasteiger partial charge in [0.1, 0.15) is 5.75 Å². The molecule has 24 heavy (non-hydrogen) atoms. The van der Waals surface area contributed by atoms with Crippen LogP contribution in [0.3, 0.4) is 0 Å². The molecule has 8 heteroatoms. The first-order valence-electron chi connectivity index (χ1n) is 7.78. The molecule has 0 radical (unpaired) electrons. The molecule has 1 atom stereocenters. The molecular weight excluding hydrogens is 352 g/mol. The van der Waals surface area contributed by atoms with Crippen LogP contribution in [-0.2, 0) is 16.4 Å². The first kappa shape index (κ1) is 17.3. The predicted molar refractivity (Wildman–Crippen MR) is 89.8 cm³/mol. The maximum atomic E-state index is 13.0. The van der Waals surface area contributed by atoms with Crippen molar-refractivity contribution in [3.05, 3.63) is 40.7 Å². The molecule has 2 heterocycles. The third-order valence-electron chi connectivity index (χ3n) is 4.20. The lowest BCUT2D eigenvalue weighted by atomic mass is 10.1. The van der Waals surface area contributed by atoms with Gasteiger partial charge in [-0.2, -0.15) is 4.31 Å². The molecule has 0 spiro atoms. The molecule has 1 aromatic heterocycles. The van der Waals surface area contributed by atoms with E-state index in [1.54, 1.807) is 6.07 Å². The fourth-order valence-corrected chi connectivity index (χ4v) is 4.92. The van der Waals surface area contributed by atoms with Crippen LogP contribution in [0.4, 0.5) is 0 Å². The molecule has 1 saturated heterocycles. The van der Waals surface area contributed by atoms with Crippen molar-refractivity contribution in [2.75, 3.05) is 13.7 Å². The Labute approximate surface area is 146 Å². The van der Waals surface area contributed by atoms with Crippen molar-refractivity contribution in [1.82, 2.24) is 9.46 Å². The van der Waals surface area contributed by atoms with Gasteiger partial charge in [-0.15, -0.1) is 0 Å². The van der Waals surface area contributed by atoms with Crippen molar-refractivity contribution in [3.63, 3.8) is 0 Å². The average Bonchev–Trinajstić information content (AvgIpc) is 3.23. The summed E-state index contributed by atoms with van der Waals surface area (Å²) < 4.78 is 37.9. The zero-order valence-electron chi connectivity index (χ0n) is 13.5. The first-order valence-corrected chi connectivity index (χ1v) is 9.60. The van der Waals surface area contributed by atoms with Crippen LogP contribution in [0.25, 0.3) is 0 Å². The smallest absolute Gasteiger partial charge is 0.243 e. The second-order valence-electron chi connectivity index (χ2n) is 5.64. The second-order valence-corrected chi connectivity index (χ2v) is 7.94. The normalized spacial score (nSPS) is 18.9. The standard InChI is InChI=1S/C16H19ClN2O4S/c1-3-11-9-16(23-18-11)14-5-4-8-19(14)24(20,21)12-6-7-15(22-2)13(17)10-12/h6-7,9-10,14H,3-5,8H2,1-2H3/t14-/m0/s1. The number of rotatable bonds is 5. The lowest BCUT2D eigenvalue weighted by Gasteiger charge is -2.22. The van der Waals surface area contributed by atoms with Crippen molar-refractivity contribution in [1.29, 1.82) is 0 Å². The van der Waals surface area contributed by atoms with Crippen LogP contribution in [-0.4, -0.2) is 31.5 Å². The van der Waals surface area contributed by atoms with Gasteiger partial charge in [-0.25, -0.2) is 8.42 Å². The highest BCUT2D eigenvalue weighted by Crippen LogP contribution is 2.38. The highest BCUT2D eigenvalue weighted by atomic mass is 35.5. The van der Waals surface area contributed by atoms with Gasteiger partial charge in [-0.1, -0.05) is 23.7 Å². The third-order valence-corrected chi connectivity index (χ3v) is 6.40. The van der Waals surface area contributed by atoms with Crippen LogP contribution < -0.4 is 4.74 Å². The summed E-state index contributed by atoms with van der Waals surface area (Å²) in [4.78, 5) is 0.149. The maximum Gasteiger partial charge on any atom is 0.243 e. The minimum atomic E-state index is -3.68. The van der Waals surface area contributed by atoms with Crippen LogP contribution in [0, 0.1) is 0 Å². The Morgan fingerprint density at radius 1 is 1.42 bits per heavy atom. The van der Waals surface area contributed by atoms with Gasteiger partial charge in [0.15, 0.2) is 5.76 Å². The van der Waals surface area contributed by atoms with E-state index in [2.05, 4.69) is 5.16 Å². The SMILES string of the molecule is CCc1cc([C@@H]2CCCN2S(=O)(=O)c2ccc(OC)c(Cl)c2)on1. The molecule has 0 aliphatic carbocycles. The average molecular weight is 371 g/mol. The van der Waals surface area contributed by atoms with E-state index in [9.17, 15) is 8.42 Å². The zero-order valence-corrected chi connectivity index (χ0v) is 15.1. The topological polar surface area (TPSA) is 72.6 Å². The number of hydrogen-bond acceptors (Lipinski definition) is 5.